The Kier molecular flexibility index (Phi) is 17.2. The average Bonchev–Trinajstić information content (AvgIpc) is 3.03. The van der Waals surface area contributed by atoms with Crippen LogP contribution in [0.5, 0.6) is 34.5 Å². The third-order valence-electron chi connectivity index (χ3n) is 7.48. The highest BCUT2D eigenvalue weighted by molar-refractivity contribution is 5.46. The fraction of sp³-hybridized carbons (Fsp3) is 0.400. The highest BCUT2D eigenvalue weighted by Crippen LogP contribution is 2.28. The van der Waals surface area contributed by atoms with Gasteiger partial charge < -0.3 is 28.4 Å². The summed E-state index contributed by atoms with van der Waals surface area (Å²) < 4.78 is 31.3. The molecule has 6 nitrogen and oxygen atoms in total. The molecule has 252 valence electrons. The second-order valence-electron chi connectivity index (χ2n) is 11.2. The minimum atomic E-state index is 0.701. The number of benzene rings is 4. The molecule has 46 heavy (non-hydrogen) atoms. The molecule has 0 amide bonds. The van der Waals surface area contributed by atoms with Crippen LogP contribution < -0.4 is 28.4 Å². The van der Waals surface area contributed by atoms with Crippen molar-refractivity contribution in [2.75, 3.05) is 42.2 Å². The fourth-order valence-corrected chi connectivity index (χ4v) is 4.58. The van der Waals surface area contributed by atoms with Gasteiger partial charge >= 0.3 is 0 Å². The zero-order chi connectivity index (χ0) is 35.0. The average molecular weight is 633 g/mol. The molecule has 0 atom stereocenters. The van der Waals surface area contributed by atoms with Gasteiger partial charge in [0.05, 0.1) is 42.2 Å². The van der Waals surface area contributed by atoms with Crippen molar-refractivity contribution in [1.29, 1.82) is 0 Å². The van der Waals surface area contributed by atoms with Gasteiger partial charge in [0.2, 0.25) is 0 Å². The van der Waals surface area contributed by atoms with E-state index in [1.165, 1.54) is 27.8 Å². The Morgan fingerprint density at radius 2 is 0.652 bits per heavy atom. The second kappa shape index (κ2) is 19.9. The largest absolute Gasteiger partial charge is 0.496 e. The summed E-state index contributed by atoms with van der Waals surface area (Å²) in [7, 11) is 8.43. The molecule has 0 saturated carbocycles. The van der Waals surface area contributed by atoms with Crippen molar-refractivity contribution in [3.8, 4) is 34.5 Å². The van der Waals surface area contributed by atoms with Crippen molar-refractivity contribution in [2.24, 2.45) is 0 Å². The molecule has 0 spiro atoms. The molecule has 4 aromatic rings. The maximum absolute atomic E-state index is 5.46. The number of hydrogen-bond acceptors (Lipinski definition) is 6. The summed E-state index contributed by atoms with van der Waals surface area (Å²) in [5.41, 5.74) is 10.7. The normalized spacial score (nSPS) is 9.72. The van der Waals surface area contributed by atoms with Crippen LogP contribution in [-0.4, -0.2) is 42.2 Å². The summed E-state index contributed by atoms with van der Waals surface area (Å²) in [6.45, 7) is 21.1. The molecule has 0 radical (unpaired) electrons. The molecule has 0 saturated heterocycles. The van der Waals surface area contributed by atoms with E-state index >= 15 is 0 Å². The molecular weight excluding hydrogens is 576 g/mol. The first-order valence-corrected chi connectivity index (χ1v) is 15.5. The van der Waals surface area contributed by atoms with E-state index in [0.717, 1.165) is 56.8 Å². The standard InChI is InChI=1S/C11H16O2.C10H14O2.C10H14O.C9H12O/c1-5-13-11-7-8(2)10(12-4)6-9(11)3;1-7-5-10(12-4)8(2)6-9(7)11-3;1-7-5-9(3)10(11-4)6-8(7)2;1-7-4-5-8(2)9(6-7)10-3/h6-7H,5H2,1-4H3;5-6H,1-4H3;5-6H,1-4H3;4-6H,1-3H3. The van der Waals surface area contributed by atoms with E-state index in [9.17, 15) is 0 Å². The number of hydrogen-bond donors (Lipinski definition) is 0. The van der Waals surface area contributed by atoms with Gasteiger partial charge in [0.15, 0.2) is 0 Å². The minimum Gasteiger partial charge on any atom is -0.496 e. The van der Waals surface area contributed by atoms with E-state index in [1.54, 1.807) is 35.5 Å². The summed E-state index contributed by atoms with van der Waals surface area (Å²) in [5.74, 6) is 5.64. The second-order valence-corrected chi connectivity index (χ2v) is 11.2. The predicted molar refractivity (Wildman–Crippen MR) is 192 cm³/mol. The van der Waals surface area contributed by atoms with Gasteiger partial charge in [-0.1, -0.05) is 18.2 Å². The van der Waals surface area contributed by atoms with Crippen LogP contribution in [0.2, 0.25) is 0 Å². The lowest BCUT2D eigenvalue weighted by molar-refractivity contribution is 0.336. The van der Waals surface area contributed by atoms with Crippen LogP contribution in [0.1, 0.15) is 57.0 Å². The van der Waals surface area contributed by atoms with Crippen LogP contribution in [0.15, 0.2) is 54.6 Å². The van der Waals surface area contributed by atoms with Gasteiger partial charge in [0, 0.05) is 0 Å². The smallest absolute Gasteiger partial charge is 0.122 e. The first kappa shape index (κ1) is 39.7. The topological polar surface area (TPSA) is 55.4 Å². The molecule has 0 fully saturated rings. The quantitative estimate of drug-likeness (QED) is 0.202. The molecule has 0 aromatic heterocycles. The monoisotopic (exact) mass is 632 g/mol. The first-order chi connectivity index (χ1) is 21.8. The van der Waals surface area contributed by atoms with Crippen LogP contribution in [-0.2, 0) is 0 Å². The molecule has 4 aromatic carbocycles. The van der Waals surface area contributed by atoms with Crippen molar-refractivity contribution in [3.63, 3.8) is 0 Å². The minimum absolute atomic E-state index is 0.701. The summed E-state index contributed by atoms with van der Waals surface area (Å²) in [6.07, 6.45) is 0. The lowest BCUT2D eigenvalue weighted by Crippen LogP contribution is -1.96. The van der Waals surface area contributed by atoms with Crippen molar-refractivity contribution < 1.29 is 28.4 Å². The van der Waals surface area contributed by atoms with Crippen molar-refractivity contribution in [2.45, 2.75) is 69.2 Å². The van der Waals surface area contributed by atoms with Crippen molar-refractivity contribution >= 4 is 0 Å². The van der Waals surface area contributed by atoms with E-state index in [0.29, 0.717) is 6.61 Å². The number of methoxy groups -OCH3 is 5. The number of ether oxygens (including phenoxy) is 6. The molecule has 6 heteroatoms. The molecular formula is C40H56O6. The van der Waals surface area contributed by atoms with Crippen LogP contribution in [0, 0.1) is 62.3 Å². The zero-order valence-electron chi connectivity index (χ0n) is 30.9. The summed E-state index contributed by atoms with van der Waals surface area (Å²) in [4.78, 5) is 0. The molecule has 4 rings (SSSR count). The van der Waals surface area contributed by atoms with Crippen LogP contribution in [0.3, 0.4) is 0 Å². The van der Waals surface area contributed by atoms with E-state index < -0.39 is 0 Å². The van der Waals surface area contributed by atoms with Crippen molar-refractivity contribution in [3.05, 3.63) is 105 Å². The van der Waals surface area contributed by atoms with Gasteiger partial charge in [-0.2, -0.15) is 0 Å². The highest BCUT2D eigenvalue weighted by Gasteiger charge is 2.05. The van der Waals surface area contributed by atoms with Gasteiger partial charge in [0.25, 0.3) is 0 Å². The van der Waals surface area contributed by atoms with Gasteiger partial charge in [0.1, 0.15) is 34.5 Å². The zero-order valence-corrected chi connectivity index (χ0v) is 30.9. The van der Waals surface area contributed by atoms with E-state index in [-0.39, 0.29) is 0 Å². The Morgan fingerprint density at radius 3 is 1.02 bits per heavy atom. The Bertz CT molecular complexity index is 1490. The van der Waals surface area contributed by atoms with Gasteiger partial charge in [-0.05, 0) is 156 Å². The Morgan fingerprint density at radius 1 is 0.348 bits per heavy atom. The van der Waals surface area contributed by atoms with Gasteiger partial charge in [-0.25, -0.2) is 0 Å². The maximum Gasteiger partial charge on any atom is 0.122 e. The molecule has 0 heterocycles. The van der Waals surface area contributed by atoms with Gasteiger partial charge in [-0.15, -0.1) is 0 Å². The summed E-state index contributed by atoms with van der Waals surface area (Å²) in [5, 5.41) is 0. The van der Waals surface area contributed by atoms with Crippen LogP contribution in [0.4, 0.5) is 0 Å². The number of rotatable bonds is 7. The Balaban J connectivity index is 0.000000308. The molecule has 0 bridgehead atoms. The molecule has 0 N–H and O–H groups in total. The fourth-order valence-electron chi connectivity index (χ4n) is 4.58. The van der Waals surface area contributed by atoms with Crippen LogP contribution in [0.25, 0.3) is 0 Å². The maximum atomic E-state index is 5.46. The van der Waals surface area contributed by atoms with Crippen molar-refractivity contribution in [1.82, 2.24) is 0 Å². The van der Waals surface area contributed by atoms with E-state index in [1.807, 2.05) is 71.9 Å². The first-order valence-electron chi connectivity index (χ1n) is 15.5. The molecule has 0 unspecified atom stereocenters. The third-order valence-corrected chi connectivity index (χ3v) is 7.48. The Labute approximate surface area is 278 Å². The highest BCUT2D eigenvalue weighted by atomic mass is 16.5. The summed E-state index contributed by atoms with van der Waals surface area (Å²) >= 11 is 0. The molecule has 0 aliphatic carbocycles. The third kappa shape index (κ3) is 12.2. The predicted octanol–water partition coefficient (Wildman–Crippen LogP) is 9.96. The van der Waals surface area contributed by atoms with E-state index in [4.69, 9.17) is 28.4 Å². The molecule has 0 aliphatic heterocycles. The lowest BCUT2D eigenvalue weighted by Gasteiger charge is -2.11. The van der Waals surface area contributed by atoms with E-state index in [2.05, 4.69) is 52.0 Å². The molecule has 0 aliphatic rings. The Hall–Kier alpha value is -4.32. The van der Waals surface area contributed by atoms with Crippen LogP contribution >= 0.6 is 0 Å². The summed E-state index contributed by atoms with van der Waals surface area (Å²) in [6, 6.07) is 18.4. The lowest BCUT2D eigenvalue weighted by atomic mass is 10.1. The van der Waals surface area contributed by atoms with Gasteiger partial charge in [-0.3, -0.25) is 0 Å². The SMILES string of the molecule is CCOc1cc(C)c(OC)cc1C.COc1cc(C)c(C)cc1C.COc1cc(C)c(OC)cc1C.COc1cc(C)ccc1C. The number of aryl methyl sites for hydroxylation is 9.